The van der Waals surface area contributed by atoms with Crippen LogP contribution in [0, 0.1) is 0 Å². The van der Waals surface area contributed by atoms with E-state index in [4.69, 9.17) is 0 Å². The number of methoxy groups -OCH3 is 3. The molecule has 0 saturated carbocycles. The fourth-order valence-corrected chi connectivity index (χ4v) is 6.97. The summed E-state index contributed by atoms with van der Waals surface area (Å²) in [5.41, 5.74) is -25.4. The zero-order valence-electron chi connectivity index (χ0n) is 42.1. The molecule has 0 heterocycles. The molecule has 0 amide bonds. The van der Waals surface area contributed by atoms with Crippen molar-refractivity contribution in [3.05, 3.63) is 138 Å². The Morgan fingerprint density at radius 3 is 0.440 bits per heavy atom. The second-order valence-corrected chi connectivity index (χ2v) is 14.5. The fourth-order valence-electron chi connectivity index (χ4n) is 6.97. The molecule has 84 heavy (non-hydrogen) atoms. The molecule has 0 bridgehead atoms. The largest absolute Gasteiger partial charge is 0.478 e. The summed E-state index contributed by atoms with van der Waals surface area (Å²) in [5.74, 6) is -35.2. The number of carbonyl (C=O) groups is 18. The van der Waals surface area contributed by atoms with Crippen molar-refractivity contribution in [2.24, 2.45) is 0 Å². The van der Waals surface area contributed by atoms with Crippen LogP contribution < -0.4 is 0 Å². The van der Waals surface area contributed by atoms with Gasteiger partial charge in [-0.1, -0.05) is 38.0 Å². The van der Waals surface area contributed by atoms with Crippen molar-refractivity contribution in [2.45, 2.75) is 0 Å². The van der Waals surface area contributed by atoms with Crippen molar-refractivity contribution in [2.75, 3.05) is 41.2 Å². The van der Waals surface area contributed by atoms with Gasteiger partial charge < -0.3 is 89.7 Å². The summed E-state index contributed by atoms with van der Waals surface area (Å²) in [6.45, 7) is 8.18. The molecule has 3 aromatic carbocycles. The second-order valence-electron chi connectivity index (χ2n) is 14.5. The molecule has 0 radical (unpaired) electrons. The number of ether oxygens (including phenoxy) is 6. The van der Waals surface area contributed by atoms with E-state index in [0.717, 1.165) is 39.6 Å². The summed E-state index contributed by atoms with van der Waals surface area (Å²) in [7, 11) is 2.25. The van der Waals surface area contributed by atoms with Crippen LogP contribution in [0.4, 0.5) is 0 Å². The number of benzene rings is 3. The molecule has 0 atom stereocenters. The van der Waals surface area contributed by atoms with Gasteiger partial charge in [0.05, 0.1) is 121 Å². The number of carboxylic acid groups (broad SMARTS) is 12. The molecule has 0 fully saturated rings. The van der Waals surface area contributed by atoms with Crippen LogP contribution in [0.1, 0.15) is 186 Å². The van der Waals surface area contributed by atoms with Gasteiger partial charge in [0.25, 0.3) is 0 Å². The first-order valence-corrected chi connectivity index (χ1v) is 21.1. The monoisotopic (exact) mass is 1190 g/mol. The summed E-state index contributed by atoms with van der Waals surface area (Å²) in [4.78, 5) is 213. The molecule has 0 aliphatic heterocycles. The molecule has 36 heteroatoms. The predicted molar refractivity (Wildman–Crippen MR) is 258 cm³/mol. The van der Waals surface area contributed by atoms with Gasteiger partial charge in [-0.2, -0.15) is 0 Å². The average Bonchev–Trinajstić information content (AvgIpc) is 1.49. The minimum Gasteiger partial charge on any atom is -0.478 e. The predicted octanol–water partition coefficient (Wildman–Crippen LogP) is 1.83. The first-order chi connectivity index (χ1) is 39.0. The number of esters is 6. The number of carbonyl (C=O) groups excluding carboxylic acids is 6. The van der Waals surface area contributed by atoms with Crippen LogP contribution in [0.2, 0.25) is 0 Å². The van der Waals surface area contributed by atoms with Gasteiger partial charge in [-0.05, 0) is 0 Å². The lowest BCUT2D eigenvalue weighted by molar-refractivity contribution is 0.0504. The van der Waals surface area contributed by atoms with Gasteiger partial charge in [0, 0.05) is 0 Å². The Balaban J connectivity index is 0.000000630. The summed E-state index contributed by atoms with van der Waals surface area (Å²) >= 11 is 0. The standard InChI is InChI=1S/3C16H12O12/c3*1-3-4-28-16(26)10-8(14(23)24)6(12(19)20)5(11(17)18)7(13(21)22)9(10)15(25)27-2/h3*3H,1,4H2,2H3,(H,17,18)(H,19,20)(H,21,22)(H,23,24). The molecule has 3 aromatic rings. The third-order valence-electron chi connectivity index (χ3n) is 9.84. The van der Waals surface area contributed by atoms with Crippen LogP contribution in [0.15, 0.2) is 38.0 Å². The summed E-state index contributed by atoms with van der Waals surface area (Å²) < 4.78 is 26.8. The number of carboxylic acids is 12. The van der Waals surface area contributed by atoms with E-state index in [9.17, 15) is 148 Å². The highest BCUT2D eigenvalue weighted by molar-refractivity contribution is 6.26. The Morgan fingerprint density at radius 2 is 0.345 bits per heavy atom. The molecule has 0 unspecified atom stereocenters. The fraction of sp³-hybridized carbons (Fsp3) is 0.125. The van der Waals surface area contributed by atoms with Crippen LogP contribution in [0.3, 0.4) is 0 Å². The van der Waals surface area contributed by atoms with E-state index in [1.807, 2.05) is 0 Å². The Labute approximate surface area is 462 Å². The normalized spacial score (nSPS) is 9.89. The van der Waals surface area contributed by atoms with Crippen molar-refractivity contribution in [1.29, 1.82) is 0 Å². The van der Waals surface area contributed by atoms with E-state index in [2.05, 4.69) is 48.2 Å². The molecule has 0 spiro atoms. The molecule has 0 saturated heterocycles. The topological polar surface area (TPSA) is 605 Å². The lowest BCUT2D eigenvalue weighted by atomic mass is 9.86. The molecule has 0 aromatic heterocycles. The van der Waals surface area contributed by atoms with Gasteiger partial charge in [-0.15, -0.1) is 0 Å². The Hall–Kier alpha value is -12.7. The van der Waals surface area contributed by atoms with Gasteiger partial charge in [0.15, 0.2) is 0 Å². The van der Waals surface area contributed by atoms with Crippen molar-refractivity contribution in [1.82, 2.24) is 0 Å². The highest BCUT2D eigenvalue weighted by Gasteiger charge is 2.45. The van der Waals surface area contributed by atoms with E-state index < -0.39 is 227 Å². The molecule has 0 aliphatic carbocycles. The van der Waals surface area contributed by atoms with Crippen molar-refractivity contribution in [3.8, 4) is 0 Å². The van der Waals surface area contributed by atoms with Crippen LogP contribution >= 0.6 is 0 Å². The molecule has 36 nitrogen and oxygen atoms in total. The number of hydrogen-bond acceptors (Lipinski definition) is 24. The van der Waals surface area contributed by atoms with Crippen molar-refractivity contribution < 1.29 is 176 Å². The van der Waals surface area contributed by atoms with Gasteiger partial charge >= 0.3 is 107 Å². The van der Waals surface area contributed by atoms with Gasteiger partial charge in [-0.25, -0.2) is 86.3 Å². The van der Waals surface area contributed by atoms with Crippen molar-refractivity contribution in [3.63, 3.8) is 0 Å². The lowest BCUT2D eigenvalue weighted by Gasteiger charge is -2.18. The van der Waals surface area contributed by atoms with E-state index >= 15 is 0 Å². The summed E-state index contributed by atoms with van der Waals surface area (Å²) in [6, 6.07) is 0. The maximum absolute atomic E-state index is 12.3. The molecule has 3 rings (SSSR count). The van der Waals surface area contributed by atoms with Crippen molar-refractivity contribution >= 4 is 107 Å². The third-order valence-corrected chi connectivity index (χ3v) is 9.84. The Bertz CT molecular complexity index is 3130. The maximum Gasteiger partial charge on any atom is 0.340 e. The van der Waals surface area contributed by atoms with Gasteiger partial charge in [0.2, 0.25) is 0 Å². The van der Waals surface area contributed by atoms with E-state index in [1.165, 1.54) is 0 Å². The number of rotatable bonds is 24. The number of hydrogen-bond donors (Lipinski definition) is 12. The molecule has 12 N–H and O–H groups in total. The van der Waals surface area contributed by atoms with Gasteiger partial charge in [0.1, 0.15) is 19.8 Å². The second kappa shape index (κ2) is 29.4. The van der Waals surface area contributed by atoms with E-state index in [-0.39, 0.29) is 0 Å². The van der Waals surface area contributed by atoms with E-state index in [1.54, 1.807) is 0 Å². The highest BCUT2D eigenvalue weighted by atomic mass is 16.6. The molecule has 444 valence electrons. The average molecular weight is 1190 g/mol. The molecule has 0 aliphatic rings. The highest BCUT2D eigenvalue weighted by Crippen LogP contribution is 2.34. The Morgan fingerprint density at radius 1 is 0.238 bits per heavy atom. The zero-order chi connectivity index (χ0) is 65.3. The van der Waals surface area contributed by atoms with Crippen LogP contribution in [0.5, 0.6) is 0 Å². The first-order valence-electron chi connectivity index (χ1n) is 21.1. The first kappa shape index (κ1) is 69.4. The van der Waals surface area contributed by atoms with E-state index in [0.29, 0.717) is 0 Å². The lowest BCUT2D eigenvalue weighted by Crippen LogP contribution is -2.29. The zero-order valence-corrected chi connectivity index (χ0v) is 42.1. The minimum atomic E-state index is -2.16. The van der Waals surface area contributed by atoms with Crippen LogP contribution in [-0.2, 0) is 28.4 Å². The third kappa shape index (κ3) is 14.5. The summed E-state index contributed by atoms with van der Waals surface area (Å²) in [5, 5.41) is 112. The molecular formula is C48H36O36. The van der Waals surface area contributed by atoms with Crippen LogP contribution in [-0.4, -0.2) is 210 Å². The quantitative estimate of drug-likeness (QED) is 0.0346. The molecular weight excluding hydrogens is 1150 g/mol. The Kier molecular flexibility index (Phi) is 24.2. The SMILES string of the molecule is C=CCOC(=O)c1c(C(=O)O)c(C(=O)O)c(C(=O)O)c(C(=O)O)c1C(=O)OC.C=CCOC(=O)c1c(C(=O)O)c(C(=O)O)c(C(=O)O)c(C(=O)O)c1C(=O)OC.C=CCOC(=O)c1c(C(=O)O)c(C(=O)O)c(C(=O)O)c(C(=O)O)c1C(=O)OC. The maximum atomic E-state index is 12.3. The smallest absolute Gasteiger partial charge is 0.340 e. The number of aromatic carboxylic acids is 12. The van der Waals surface area contributed by atoms with Crippen LogP contribution in [0.25, 0.3) is 0 Å². The minimum absolute atomic E-state index is 0.510. The summed E-state index contributed by atoms with van der Waals surface area (Å²) in [6.07, 6.45) is 3.16. The van der Waals surface area contributed by atoms with Gasteiger partial charge in [-0.3, -0.25) is 0 Å².